The Morgan fingerprint density at radius 1 is 1.39 bits per heavy atom. The van der Waals surface area contributed by atoms with Crippen molar-refractivity contribution in [2.45, 2.75) is 32.2 Å². The van der Waals surface area contributed by atoms with Crippen LogP contribution in [0.1, 0.15) is 26.7 Å². The second kappa shape index (κ2) is 6.61. The van der Waals surface area contributed by atoms with Crippen molar-refractivity contribution in [2.24, 2.45) is 5.73 Å². The first kappa shape index (κ1) is 14.8. The zero-order valence-corrected chi connectivity index (χ0v) is 11.6. The lowest BCUT2D eigenvalue weighted by atomic mass is 9.93. The molecule has 0 aliphatic heterocycles. The van der Waals surface area contributed by atoms with Crippen molar-refractivity contribution in [3.05, 3.63) is 29.3 Å². The number of carbonyl (C=O) groups excluding carboxylic acids is 1. The van der Waals surface area contributed by atoms with Crippen molar-refractivity contribution >= 4 is 23.3 Å². The van der Waals surface area contributed by atoms with Gasteiger partial charge in [0.25, 0.3) is 0 Å². The van der Waals surface area contributed by atoms with E-state index in [1.54, 1.807) is 24.3 Å². The lowest BCUT2D eigenvalue weighted by Gasteiger charge is -2.31. The smallest absolute Gasteiger partial charge is 0.319 e. The van der Waals surface area contributed by atoms with E-state index in [1.807, 2.05) is 13.8 Å². The van der Waals surface area contributed by atoms with Crippen LogP contribution >= 0.6 is 11.6 Å². The van der Waals surface area contributed by atoms with E-state index in [2.05, 4.69) is 10.6 Å². The minimum Gasteiger partial charge on any atom is -0.331 e. The fourth-order valence-corrected chi connectivity index (χ4v) is 1.93. The van der Waals surface area contributed by atoms with Crippen LogP contribution in [0.4, 0.5) is 10.5 Å². The van der Waals surface area contributed by atoms with Crippen LogP contribution in [0, 0.1) is 0 Å². The fourth-order valence-electron chi connectivity index (χ4n) is 1.74. The van der Waals surface area contributed by atoms with E-state index < -0.39 is 0 Å². The van der Waals surface area contributed by atoms with E-state index in [4.69, 9.17) is 17.3 Å². The summed E-state index contributed by atoms with van der Waals surface area (Å²) in [5.74, 6) is 0. The molecule has 1 rings (SSSR count). The number of benzene rings is 1. The van der Waals surface area contributed by atoms with Crippen LogP contribution in [0.2, 0.25) is 5.02 Å². The van der Waals surface area contributed by atoms with Gasteiger partial charge >= 0.3 is 6.03 Å². The van der Waals surface area contributed by atoms with Crippen molar-refractivity contribution in [1.82, 2.24) is 5.32 Å². The minimum atomic E-state index is -0.345. The van der Waals surface area contributed by atoms with Gasteiger partial charge in [0.05, 0.1) is 5.54 Å². The molecule has 0 unspecified atom stereocenters. The van der Waals surface area contributed by atoms with Crippen LogP contribution in [0.15, 0.2) is 24.3 Å². The molecule has 0 heterocycles. The summed E-state index contributed by atoms with van der Waals surface area (Å²) in [6.45, 7) is 4.44. The predicted molar refractivity (Wildman–Crippen MR) is 76.0 cm³/mol. The lowest BCUT2D eigenvalue weighted by Crippen LogP contribution is -2.54. The first-order valence-electron chi connectivity index (χ1n) is 6.10. The molecule has 0 aliphatic rings. The molecule has 0 radical (unpaired) electrons. The maximum absolute atomic E-state index is 11.9. The van der Waals surface area contributed by atoms with E-state index >= 15 is 0 Å². The Hall–Kier alpha value is -1.26. The SMILES string of the molecule is CCC(CC)(CN)NC(=O)Nc1cccc(Cl)c1. The molecule has 100 valence electrons. The van der Waals surface area contributed by atoms with E-state index in [1.165, 1.54) is 0 Å². The molecule has 0 atom stereocenters. The van der Waals surface area contributed by atoms with Gasteiger partial charge in [-0.2, -0.15) is 0 Å². The van der Waals surface area contributed by atoms with Gasteiger partial charge in [-0.1, -0.05) is 31.5 Å². The fraction of sp³-hybridized carbons (Fsp3) is 0.462. The molecule has 4 nitrogen and oxygen atoms in total. The average Bonchev–Trinajstić information content (AvgIpc) is 2.36. The maximum atomic E-state index is 11.9. The molecule has 5 heteroatoms. The molecule has 0 aliphatic carbocycles. The van der Waals surface area contributed by atoms with Gasteiger partial charge in [-0.25, -0.2) is 4.79 Å². The summed E-state index contributed by atoms with van der Waals surface area (Å²) in [5.41, 5.74) is 6.05. The van der Waals surface area contributed by atoms with Gasteiger partial charge in [-0.05, 0) is 31.0 Å². The number of nitrogens with one attached hydrogen (secondary N) is 2. The van der Waals surface area contributed by atoms with Gasteiger partial charge in [0.1, 0.15) is 0 Å². The Labute approximate surface area is 113 Å². The Kier molecular flexibility index (Phi) is 5.44. The quantitative estimate of drug-likeness (QED) is 0.769. The molecular weight excluding hydrogens is 250 g/mol. The van der Waals surface area contributed by atoms with Gasteiger partial charge in [-0.3, -0.25) is 0 Å². The second-order valence-electron chi connectivity index (χ2n) is 4.28. The highest BCUT2D eigenvalue weighted by atomic mass is 35.5. The molecule has 4 N–H and O–H groups in total. The van der Waals surface area contributed by atoms with Crippen LogP contribution in [-0.4, -0.2) is 18.1 Å². The highest BCUT2D eigenvalue weighted by molar-refractivity contribution is 6.30. The minimum absolute atomic E-state index is 0.258. The molecule has 18 heavy (non-hydrogen) atoms. The van der Waals surface area contributed by atoms with Crippen LogP contribution in [-0.2, 0) is 0 Å². The summed E-state index contributed by atoms with van der Waals surface area (Å²) in [7, 11) is 0. The summed E-state index contributed by atoms with van der Waals surface area (Å²) in [6, 6.07) is 6.77. The van der Waals surface area contributed by atoms with E-state index in [9.17, 15) is 4.79 Å². The zero-order chi connectivity index (χ0) is 13.6. The zero-order valence-electron chi connectivity index (χ0n) is 10.8. The molecule has 0 spiro atoms. The lowest BCUT2D eigenvalue weighted by molar-refractivity contribution is 0.233. The number of amides is 2. The third-order valence-corrected chi connectivity index (χ3v) is 3.44. The summed E-state index contributed by atoms with van der Waals surface area (Å²) in [6.07, 6.45) is 1.59. The van der Waals surface area contributed by atoms with Crippen LogP contribution < -0.4 is 16.4 Å². The molecule has 0 bridgehead atoms. The standard InChI is InChI=1S/C13H20ClN3O/c1-3-13(4-2,9-15)17-12(18)16-11-7-5-6-10(14)8-11/h5-8H,3-4,9,15H2,1-2H3,(H2,16,17,18). The topological polar surface area (TPSA) is 67.1 Å². The predicted octanol–water partition coefficient (Wildman–Crippen LogP) is 2.98. The number of carbonyl (C=O) groups is 1. The molecule has 0 saturated heterocycles. The maximum Gasteiger partial charge on any atom is 0.319 e. The summed E-state index contributed by atoms with van der Waals surface area (Å²) in [4.78, 5) is 11.9. The highest BCUT2D eigenvalue weighted by Gasteiger charge is 2.26. The largest absolute Gasteiger partial charge is 0.331 e. The Morgan fingerprint density at radius 3 is 2.56 bits per heavy atom. The molecule has 1 aromatic rings. The molecule has 2 amide bonds. The van der Waals surface area contributed by atoms with Crippen molar-refractivity contribution in [1.29, 1.82) is 0 Å². The van der Waals surface area contributed by atoms with E-state index in [-0.39, 0.29) is 11.6 Å². The molecule has 0 saturated carbocycles. The van der Waals surface area contributed by atoms with Crippen molar-refractivity contribution in [3.8, 4) is 0 Å². The number of nitrogens with two attached hydrogens (primary N) is 1. The number of hydrogen-bond acceptors (Lipinski definition) is 2. The van der Waals surface area contributed by atoms with Crippen molar-refractivity contribution < 1.29 is 4.79 Å². The number of halogens is 1. The first-order valence-corrected chi connectivity index (χ1v) is 6.48. The Morgan fingerprint density at radius 2 is 2.06 bits per heavy atom. The Balaban J connectivity index is 2.66. The number of rotatable bonds is 5. The van der Waals surface area contributed by atoms with Gasteiger partial charge in [0, 0.05) is 17.3 Å². The summed E-state index contributed by atoms with van der Waals surface area (Å²) < 4.78 is 0. The van der Waals surface area contributed by atoms with Crippen molar-refractivity contribution in [3.63, 3.8) is 0 Å². The number of urea groups is 1. The summed E-state index contributed by atoms with van der Waals surface area (Å²) >= 11 is 5.85. The normalized spacial score (nSPS) is 11.1. The number of hydrogen-bond donors (Lipinski definition) is 3. The molecule has 0 aromatic heterocycles. The van der Waals surface area contributed by atoms with Crippen LogP contribution in [0.25, 0.3) is 0 Å². The van der Waals surface area contributed by atoms with Gasteiger partial charge < -0.3 is 16.4 Å². The Bertz CT molecular complexity index is 397. The van der Waals surface area contributed by atoms with Gasteiger partial charge in [-0.15, -0.1) is 0 Å². The van der Waals surface area contributed by atoms with Gasteiger partial charge in [0.15, 0.2) is 0 Å². The average molecular weight is 270 g/mol. The molecule has 1 aromatic carbocycles. The van der Waals surface area contributed by atoms with Crippen molar-refractivity contribution in [2.75, 3.05) is 11.9 Å². The third-order valence-electron chi connectivity index (χ3n) is 3.21. The summed E-state index contributed by atoms with van der Waals surface area (Å²) in [5, 5.41) is 6.27. The molecule has 0 fully saturated rings. The first-order chi connectivity index (χ1) is 8.55. The monoisotopic (exact) mass is 269 g/mol. The number of anilines is 1. The highest BCUT2D eigenvalue weighted by Crippen LogP contribution is 2.16. The van der Waals surface area contributed by atoms with E-state index in [0.717, 1.165) is 12.8 Å². The van der Waals surface area contributed by atoms with Crippen LogP contribution in [0.5, 0.6) is 0 Å². The van der Waals surface area contributed by atoms with Crippen LogP contribution in [0.3, 0.4) is 0 Å². The molecular formula is C13H20ClN3O. The third kappa shape index (κ3) is 3.89. The van der Waals surface area contributed by atoms with Gasteiger partial charge in [0.2, 0.25) is 0 Å². The second-order valence-corrected chi connectivity index (χ2v) is 4.72. The van der Waals surface area contributed by atoms with E-state index in [0.29, 0.717) is 17.3 Å².